The molecular weight excluding hydrogens is 837 g/mol. The van der Waals surface area contributed by atoms with Crippen molar-refractivity contribution < 1.29 is 4.42 Å². The summed E-state index contributed by atoms with van der Waals surface area (Å²) in [5, 5.41) is 9.46. The Kier molecular flexibility index (Phi) is 8.38. The second-order valence-corrected chi connectivity index (χ2v) is 18.1. The lowest BCUT2D eigenvalue weighted by Gasteiger charge is -2.15. The molecule has 0 aliphatic rings. The Hall–Kier alpha value is -8.71. The van der Waals surface area contributed by atoms with Gasteiger partial charge in [0.05, 0.1) is 11.0 Å². The maximum absolute atomic E-state index is 6.33. The third-order valence-corrected chi connectivity index (χ3v) is 14.5. The summed E-state index contributed by atoms with van der Waals surface area (Å²) in [5.74, 6) is 1.77. The van der Waals surface area contributed by atoms with Gasteiger partial charge < -0.3 is 8.98 Å². The van der Waals surface area contributed by atoms with Gasteiger partial charge in [0.1, 0.15) is 11.2 Å². The molecule has 14 rings (SSSR count). The minimum atomic E-state index is 0.577. The molecule has 0 atom stereocenters. The zero-order valence-electron chi connectivity index (χ0n) is 35.9. The zero-order chi connectivity index (χ0) is 44.0. The molecule has 0 saturated heterocycles. The van der Waals surface area contributed by atoms with Crippen LogP contribution in [0.3, 0.4) is 0 Å². The number of aromatic nitrogens is 4. The van der Waals surface area contributed by atoms with Crippen molar-refractivity contribution in [2.24, 2.45) is 0 Å². The van der Waals surface area contributed by atoms with Crippen molar-refractivity contribution >= 4 is 86.0 Å². The second kappa shape index (κ2) is 14.9. The number of para-hydroxylation sites is 2. The van der Waals surface area contributed by atoms with Crippen molar-refractivity contribution in [3.63, 3.8) is 0 Å². The fourth-order valence-corrected chi connectivity index (χ4v) is 11.5. The Balaban J connectivity index is 1.00. The summed E-state index contributed by atoms with van der Waals surface area (Å²) in [7, 11) is 0. The summed E-state index contributed by atoms with van der Waals surface area (Å²) < 4.78 is 11.4. The molecule has 4 heterocycles. The summed E-state index contributed by atoms with van der Waals surface area (Å²) in [4.78, 5) is 15.5. The molecular formula is C61H36N4OS. The van der Waals surface area contributed by atoms with Crippen molar-refractivity contribution in [3.05, 3.63) is 218 Å². The molecule has 0 radical (unpaired) electrons. The number of thiophene rings is 1. The van der Waals surface area contributed by atoms with E-state index in [9.17, 15) is 0 Å². The van der Waals surface area contributed by atoms with E-state index in [4.69, 9.17) is 19.4 Å². The molecule has 5 nitrogen and oxygen atoms in total. The van der Waals surface area contributed by atoms with Gasteiger partial charge in [-0.1, -0.05) is 188 Å². The topological polar surface area (TPSA) is 56.7 Å². The van der Waals surface area contributed by atoms with Crippen LogP contribution in [0.1, 0.15) is 0 Å². The minimum Gasteiger partial charge on any atom is -0.456 e. The van der Waals surface area contributed by atoms with Crippen LogP contribution in [0.15, 0.2) is 223 Å². The number of hydrogen-bond donors (Lipinski definition) is 0. The van der Waals surface area contributed by atoms with E-state index in [1.165, 1.54) is 64.0 Å². The van der Waals surface area contributed by atoms with Crippen LogP contribution in [0.2, 0.25) is 0 Å². The van der Waals surface area contributed by atoms with E-state index < -0.39 is 0 Å². The molecule has 0 unspecified atom stereocenters. The quantitative estimate of drug-likeness (QED) is 0.167. The summed E-state index contributed by atoms with van der Waals surface area (Å²) >= 11 is 1.89. The highest BCUT2D eigenvalue weighted by atomic mass is 32.1. The Morgan fingerprint density at radius 2 is 0.866 bits per heavy atom. The van der Waals surface area contributed by atoms with Crippen LogP contribution in [0.5, 0.6) is 0 Å². The van der Waals surface area contributed by atoms with E-state index >= 15 is 0 Å². The monoisotopic (exact) mass is 872 g/mol. The van der Waals surface area contributed by atoms with E-state index in [0.717, 1.165) is 55.3 Å². The molecule has 0 bridgehead atoms. The van der Waals surface area contributed by atoms with E-state index in [2.05, 4.69) is 168 Å². The predicted octanol–water partition coefficient (Wildman–Crippen LogP) is 16.7. The van der Waals surface area contributed by atoms with Gasteiger partial charge in [-0.05, 0) is 46.8 Å². The molecule has 67 heavy (non-hydrogen) atoms. The van der Waals surface area contributed by atoms with Crippen molar-refractivity contribution in [3.8, 4) is 62.1 Å². The van der Waals surface area contributed by atoms with Gasteiger partial charge in [0, 0.05) is 80.6 Å². The molecule has 0 fully saturated rings. The molecule has 0 aliphatic carbocycles. The molecule has 312 valence electrons. The van der Waals surface area contributed by atoms with Crippen LogP contribution < -0.4 is 0 Å². The normalized spacial score (nSPS) is 11.9. The predicted molar refractivity (Wildman–Crippen MR) is 279 cm³/mol. The minimum absolute atomic E-state index is 0.577. The fraction of sp³-hybridized carbons (Fsp3) is 0. The van der Waals surface area contributed by atoms with E-state index in [1.54, 1.807) is 0 Å². The highest BCUT2D eigenvalue weighted by Crippen LogP contribution is 2.47. The molecule has 10 aromatic carbocycles. The molecule has 0 saturated carbocycles. The lowest BCUT2D eigenvalue weighted by Crippen LogP contribution is -2.01. The first-order valence-electron chi connectivity index (χ1n) is 22.5. The smallest absolute Gasteiger partial charge is 0.164 e. The maximum atomic E-state index is 6.33. The maximum Gasteiger partial charge on any atom is 0.164 e. The summed E-state index contributed by atoms with van der Waals surface area (Å²) in [5.41, 5.74) is 12.5. The molecule has 0 aliphatic heterocycles. The van der Waals surface area contributed by atoms with Gasteiger partial charge in [-0.25, -0.2) is 15.0 Å². The molecule has 0 spiro atoms. The van der Waals surface area contributed by atoms with Gasteiger partial charge >= 0.3 is 0 Å². The summed E-state index contributed by atoms with van der Waals surface area (Å²) in [6.45, 7) is 0. The van der Waals surface area contributed by atoms with Gasteiger partial charge in [0.15, 0.2) is 17.5 Å². The van der Waals surface area contributed by atoms with E-state index in [1.807, 2.05) is 65.9 Å². The Bertz CT molecular complexity index is 4280. The molecule has 4 aromatic heterocycles. The SMILES string of the molecule is c1ccc(-c2nc(-c3cccc(-n4c5c(-c6cccc7c6sc6c(-c8ccccc8)cccc67)cccc5c5ccc6ccccc6c54)c3)nc(-c3ccc4c(c3)oc3ccccc34)n2)cc1. The first-order valence-corrected chi connectivity index (χ1v) is 23.3. The molecule has 14 aromatic rings. The van der Waals surface area contributed by atoms with Gasteiger partial charge in [0.25, 0.3) is 0 Å². The van der Waals surface area contributed by atoms with Crippen molar-refractivity contribution in [1.29, 1.82) is 0 Å². The van der Waals surface area contributed by atoms with Gasteiger partial charge in [-0.3, -0.25) is 0 Å². The number of benzene rings is 10. The molecule has 0 N–H and O–H groups in total. The Morgan fingerprint density at radius 1 is 0.328 bits per heavy atom. The first kappa shape index (κ1) is 37.6. The van der Waals surface area contributed by atoms with Crippen LogP contribution in [-0.4, -0.2) is 19.5 Å². The Labute approximate surface area is 388 Å². The number of fused-ring (bicyclic) bond motifs is 11. The zero-order valence-corrected chi connectivity index (χ0v) is 36.7. The van der Waals surface area contributed by atoms with Crippen LogP contribution in [0, 0.1) is 0 Å². The van der Waals surface area contributed by atoms with Crippen molar-refractivity contribution in [2.75, 3.05) is 0 Å². The van der Waals surface area contributed by atoms with Crippen molar-refractivity contribution in [1.82, 2.24) is 19.5 Å². The van der Waals surface area contributed by atoms with Gasteiger partial charge in [0.2, 0.25) is 0 Å². The lowest BCUT2D eigenvalue weighted by atomic mass is 9.98. The largest absolute Gasteiger partial charge is 0.456 e. The van der Waals surface area contributed by atoms with E-state index in [-0.39, 0.29) is 0 Å². The average molecular weight is 873 g/mol. The second-order valence-electron chi connectivity index (χ2n) is 17.1. The Morgan fingerprint density at radius 3 is 1.66 bits per heavy atom. The van der Waals surface area contributed by atoms with Crippen LogP contribution >= 0.6 is 11.3 Å². The number of nitrogens with zero attached hydrogens (tertiary/aromatic N) is 4. The van der Waals surface area contributed by atoms with E-state index in [0.29, 0.717) is 17.5 Å². The van der Waals surface area contributed by atoms with Gasteiger partial charge in [-0.2, -0.15) is 0 Å². The molecule has 0 amide bonds. The highest BCUT2D eigenvalue weighted by Gasteiger charge is 2.22. The molecule has 6 heteroatoms. The third-order valence-electron chi connectivity index (χ3n) is 13.2. The highest BCUT2D eigenvalue weighted by molar-refractivity contribution is 7.26. The number of hydrogen-bond acceptors (Lipinski definition) is 5. The summed E-state index contributed by atoms with van der Waals surface area (Å²) in [6, 6.07) is 77.5. The fourth-order valence-electron chi connectivity index (χ4n) is 10.2. The number of rotatable bonds is 6. The summed E-state index contributed by atoms with van der Waals surface area (Å²) in [6.07, 6.45) is 0. The third kappa shape index (κ3) is 5.97. The number of furan rings is 1. The lowest BCUT2D eigenvalue weighted by molar-refractivity contribution is 0.669. The van der Waals surface area contributed by atoms with Gasteiger partial charge in [-0.15, -0.1) is 11.3 Å². The van der Waals surface area contributed by atoms with Crippen LogP contribution in [0.25, 0.3) is 137 Å². The first-order chi connectivity index (χ1) is 33.2. The average Bonchev–Trinajstić information content (AvgIpc) is 4.09. The standard InChI is InChI=1S/C61H36N4OS/c1-3-15-37(16-4-1)44-24-12-28-51-52-29-14-27-50(58(52)67-57(44)51)48-26-13-25-47-49-34-31-38-17-7-8-22-43(38)55(49)65(56(47)48)42-21-11-20-40(35-42)60-62-59(39-18-5-2-6-19-39)63-61(64-60)41-32-33-46-45-23-9-10-30-53(45)66-54(46)36-41/h1-36H. The van der Waals surface area contributed by atoms with Crippen molar-refractivity contribution in [2.45, 2.75) is 0 Å². The van der Waals surface area contributed by atoms with Crippen LogP contribution in [0.4, 0.5) is 0 Å². The van der Waals surface area contributed by atoms with Crippen LogP contribution in [-0.2, 0) is 0 Å².